The molecule has 0 spiro atoms. The van der Waals surface area contributed by atoms with Gasteiger partial charge in [-0.25, -0.2) is 0 Å². The Labute approximate surface area is 198 Å². The molecular weight excluding hydrogens is 416 g/mol. The highest BCUT2D eigenvalue weighted by atomic mass is 16.5. The van der Waals surface area contributed by atoms with Gasteiger partial charge < -0.3 is 20.1 Å². The minimum Gasteiger partial charge on any atom is -0.497 e. The first kappa shape index (κ1) is 26.2. The molecule has 2 unspecified atom stereocenters. The van der Waals surface area contributed by atoms with E-state index in [1.807, 2.05) is 62.4 Å². The summed E-state index contributed by atoms with van der Waals surface area (Å²) in [6.07, 6.45) is 5.03. The molecule has 2 atom stereocenters. The van der Waals surface area contributed by atoms with Crippen molar-refractivity contribution in [2.24, 2.45) is 0 Å². The van der Waals surface area contributed by atoms with Gasteiger partial charge in [0, 0.05) is 12.8 Å². The number of hydrogen-bond acceptors (Lipinski definition) is 4. The van der Waals surface area contributed by atoms with E-state index in [1.165, 1.54) is 0 Å². The fourth-order valence-corrected chi connectivity index (χ4v) is 3.83. The number of rotatable bonds is 14. The van der Waals surface area contributed by atoms with E-state index in [-0.39, 0.29) is 23.9 Å². The lowest BCUT2D eigenvalue weighted by Crippen LogP contribution is -2.30. The van der Waals surface area contributed by atoms with Crippen molar-refractivity contribution in [2.45, 2.75) is 70.9 Å². The normalized spacial score (nSPS) is 12.5. The van der Waals surface area contributed by atoms with Crippen molar-refractivity contribution in [3.8, 4) is 11.5 Å². The molecule has 2 N–H and O–H groups in total. The Bertz CT molecular complexity index is 778. The molecule has 0 aliphatic carbocycles. The summed E-state index contributed by atoms with van der Waals surface area (Å²) in [5, 5.41) is 6.36. The van der Waals surface area contributed by atoms with Gasteiger partial charge >= 0.3 is 0 Å². The predicted molar refractivity (Wildman–Crippen MR) is 131 cm³/mol. The van der Waals surface area contributed by atoms with Crippen LogP contribution in [0.5, 0.6) is 11.5 Å². The lowest BCUT2D eigenvalue weighted by atomic mass is 9.95. The molecule has 0 bridgehead atoms. The minimum absolute atomic E-state index is 0.0567. The molecule has 6 nitrogen and oxygen atoms in total. The predicted octanol–water partition coefficient (Wildman–Crippen LogP) is 5.49. The Hall–Kier alpha value is -3.02. The molecule has 0 heterocycles. The molecule has 33 heavy (non-hydrogen) atoms. The van der Waals surface area contributed by atoms with Gasteiger partial charge in [-0.3, -0.25) is 9.59 Å². The highest BCUT2D eigenvalue weighted by Crippen LogP contribution is 2.27. The Balaban J connectivity index is 2.11. The van der Waals surface area contributed by atoms with Crippen LogP contribution in [0.1, 0.15) is 82.0 Å². The van der Waals surface area contributed by atoms with Crippen LogP contribution in [0.2, 0.25) is 0 Å². The summed E-state index contributed by atoms with van der Waals surface area (Å²) in [6, 6.07) is 15.5. The number of amides is 2. The zero-order valence-corrected chi connectivity index (χ0v) is 20.4. The first-order valence-corrected chi connectivity index (χ1v) is 11.9. The molecule has 0 aliphatic heterocycles. The maximum Gasteiger partial charge on any atom is 0.220 e. The van der Waals surface area contributed by atoms with Gasteiger partial charge in [0.1, 0.15) is 11.5 Å². The summed E-state index contributed by atoms with van der Waals surface area (Å²) < 4.78 is 10.5. The van der Waals surface area contributed by atoms with Crippen LogP contribution in [-0.2, 0) is 9.59 Å². The van der Waals surface area contributed by atoms with Crippen LogP contribution < -0.4 is 20.1 Å². The summed E-state index contributed by atoms with van der Waals surface area (Å²) in [5.41, 5.74) is 2.10. The van der Waals surface area contributed by atoms with Crippen LogP contribution in [-0.4, -0.2) is 26.0 Å². The Morgan fingerprint density at radius 1 is 0.697 bits per heavy atom. The minimum atomic E-state index is -0.0854. The molecule has 2 amide bonds. The van der Waals surface area contributed by atoms with Crippen LogP contribution in [0, 0.1) is 0 Å². The third-order valence-corrected chi connectivity index (χ3v) is 5.65. The number of carbonyl (C=O) groups excluding carboxylic acids is 2. The lowest BCUT2D eigenvalue weighted by molar-refractivity contribution is -0.122. The molecule has 6 heteroatoms. The van der Waals surface area contributed by atoms with Crippen molar-refractivity contribution >= 4 is 11.8 Å². The molecule has 0 aromatic heterocycles. The number of methoxy groups -OCH3 is 2. The molecular formula is C27H38N2O4. The Morgan fingerprint density at radius 3 is 1.36 bits per heavy atom. The van der Waals surface area contributed by atoms with E-state index in [9.17, 15) is 9.59 Å². The monoisotopic (exact) mass is 454 g/mol. The van der Waals surface area contributed by atoms with E-state index in [4.69, 9.17) is 9.47 Å². The van der Waals surface area contributed by atoms with Crippen LogP contribution in [0.15, 0.2) is 48.5 Å². The van der Waals surface area contributed by atoms with E-state index in [0.717, 1.165) is 54.7 Å². The van der Waals surface area contributed by atoms with Gasteiger partial charge in [0.2, 0.25) is 11.8 Å². The van der Waals surface area contributed by atoms with Gasteiger partial charge in [0.25, 0.3) is 0 Å². The number of benzene rings is 2. The van der Waals surface area contributed by atoms with E-state index in [2.05, 4.69) is 10.6 Å². The molecule has 0 radical (unpaired) electrons. The third kappa shape index (κ3) is 8.79. The summed E-state index contributed by atoms with van der Waals surface area (Å²) in [4.78, 5) is 24.7. The van der Waals surface area contributed by atoms with Crippen molar-refractivity contribution in [3.05, 3.63) is 59.7 Å². The fraction of sp³-hybridized carbons (Fsp3) is 0.481. The molecule has 0 saturated carbocycles. The fourth-order valence-electron chi connectivity index (χ4n) is 3.83. The second-order valence-corrected chi connectivity index (χ2v) is 8.22. The first-order chi connectivity index (χ1) is 16.0. The van der Waals surface area contributed by atoms with Crippen molar-refractivity contribution in [2.75, 3.05) is 14.2 Å². The van der Waals surface area contributed by atoms with Crippen LogP contribution in [0.3, 0.4) is 0 Å². The van der Waals surface area contributed by atoms with E-state index >= 15 is 0 Å². The Morgan fingerprint density at radius 2 is 1.06 bits per heavy atom. The standard InChI is InChI=1S/C27H38N2O4/c1-5-8-26(30)28-24(20-12-16-22(32-3)17-13-20)10-7-11-25(29-27(31)9-6-2)21-14-18-23(33-4)19-15-21/h12-19,24-25H,5-11H2,1-4H3,(H,28,30)(H,29,31). The molecule has 2 aromatic carbocycles. The SMILES string of the molecule is CCCC(=O)NC(CCCC(NC(=O)CCC)c1ccc(OC)cc1)c1ccc(OC)cc1. The quantitative estimate of drug-likeness (QED) is 0.396. The summed E-state index contributed by atoms with van der Waals surface area (Å²) in [6.45, 7) is 4.00. The molecule has 0 aliphatic rings. The second kappa shape index (κ2) is 14.2. The van der Waals surface area contributed by atoms with Crippen LogP contribution in [0.4, 0.5) is 0 Å². The topological polar surface area (TPSA) is 76.7 Å². The Kier molecular flexibility index (Phi) is 11.3. The largest absolute Gasteiger partial charge is 0.497 e. The number of hydrogen-bond donors (Lipinski definition) is 2. The summed E-state index contributed by atoms with van der Waals surface area (Å²) in [5.74, 6) is 1.69. The van der Waals surface area contributed by atoms with Gasteiger partial charge in [-0.05, 0) is 67.5 Å². The molecule has 2 aromatic rings. The van der Waals surface area contributed by atoms with Gasteiger partial charge in [0.15, 0.2) is 0 Å². The van der Waals surface area contributed by atoms with Gasteiger partial charge in [-0.2, -0.15) is 0 Å². The zero-order chi connectivity index (χ0) is 24.1. The lowest BCUT2D eigenvalue weighted by Gasteiger charge is -2.23. The van der Waals surface area contributed by atoms with Crippen molar-refractivity contribution < 1.29 is 19.1 Å². The van der Waals surface area contributed by atoms with Gasteiger partial charge in [0.05, 0.1) is 26.3 Å². The molecule has 0 saturated heterocycles. The maximum atomic E-state index is 12.3. The highest BCUT2D eigenvalue weighted by Gasteiger charge is 2.18. The van der Waals surface area contributed by atoms with E-state index in [0.29, 0.717) is 12.8 Å². The average Bonchev–Trinajstić information content (AvgIpc) is 2.83. The smallest absolute Gasteiger partial charge is 0.220 e. The van der Waals surface area contributed by atoms with Gasteiger partial charge in [-0.15, -0.1) is 0 Å². The number of ether oxygens (including phenoxy) is 2. The average molecular weight is 455 g/mol. The van der Waals surface area contributed by atoms with E-state index in [1.54, 1.807) is 14.2 Å². The zero-order valence-electron chi connectivity index (χ0n) is 20.4. The van der Waals surface area contributed by atoms with Gasteiger partial charge in [-0.1, -0.05) is 38.1 Å². The van der Waals surface area contributed by atoms with Crippen LogP contribution >= 0.6 is 0 Å². The maximum absolute atomic E-state index is 12.3. The number of carbonyl (C=O) groups is 2. The van der Waals surface area contributed by atoms with E-state index < -0.39 is 0 Å². The molecule has 0 fully saturated rings. The second-order valence-electron chi connectivity index (χ2n) is 8.22. The molecule has 2 rings (SSSR count). The summed E-state index contributed by atoms with van der Waals surface area (Å²) >= 11 is 0. The highest BCUT2D eigenvalue weighted by molar-refractivity contribution is 5.76. The first-order valence-electron chi connectivity index (χ1n) is 11.9. The van der Waals surface area contributed by atoms with Crippen molar-refractivity contribution in [3.63, 3.8) is 0 Å². The van der Waals surface area contributed by atoms with Crippen molar-refractivity contribution in [1.29, 1.82) is 0 Å². The van der Waals surface area contributed by atoms with Crippen molar-refractivity contribution in [1.82, 2.24) is 10.6 Å². The third-order valence-electron chi connectivity index (χ3n) is 5.65. The summed E-state index contributed by atoms with van der Waals surface area (Å²) in [7, 11) is 3.28. The number of nitrogens with one attached hydrogen (secondary N) is 2. The molecule has 180 valence electrons. The van der Waals surface area contributed by atoms with Crippen LogP contribution in [0.25, 0.3) is 0 Å².